The van der Waals surface area contributed by atoms with Crippen molar-refractivity contribution in [1.82, 2.24) is 9.78 Å². The monoisotopic (exact) mass is 253 g/mol. The Morgan fingerprint density at radius 2 is 2.24 bits per heavy atom. The summed E-state index contributed by atoms with van der Waals surface area (Å²) >= 11 is 1.90. The Balaban J connectivity index is 2.11. The largest absolute Gasteiger partial charge is 0.326 e. The van der Waals surface area contributed by atoms with Crippen LogP contribution in [0.25, 0.3) is 0 Å². The van der Waals surface area contributed by atoms with E-state index in [2.05, 4.69) is 25.0 Å². The minimum atomic E-state index is 0.267. The molecular formula is C13H23N3S. The van der Waals surface area contributed by atoms with Crippen molar-refractivity contribution >= 4 is 11.8 Å². The summed E-state index contributed by atoms with van der Waals surface area (Å²) in [5, 5.41) is 6.15. The normalized spacial score (nSPS) is 28.3. The van der Waals surface area contributed by atoms with Gasteiger partial charge in [0, 0.05) is 18.3 Å². The molecule has 1 saturated carbocycles. The van der Waals surface area contributed by atoms with Crippen molar-refractivity contribution in [2.75, 3.05) is 0 Å². The Bertz CT molecular complexity index is 397. The molecule has 1 aliphatic rings. The Labute approximate surface area is 108 Å². The highest BCUT2D eigenvalue weighted by atomic mass is 32.2. The molecule has 1 heterocycles. The molecule has 1 aliphatic carbocycles. The van der Waals surface area contributed by atoms with Gasteiger partial charge >= 0.3 is 0 Å². The van der Waals surface area contributed by atoms with E-state index < -0.39 is 0 Å². The molecule has 1 fully saturated rings. The van der Waals surface area contributed by atoms with Crippen LogP contribution < -0.4 is 5.73 Å². The molecule has 96 valence electrons. The molecule has 1 aromatic rings. The molecule has 0 amide bonds. The first kappa shape index (κ1) is 13.0. The van der Waals surface area contributed by atoms with E-state index in [1.54, 1.807) is 0 Å². The van der Waals surface area contributed by atoms with Crippen LogP contribution in [-0.4, -0.2) is 21.1 Å². The molecule has 0 spiro atoms. The summed E-state index contributed by atoms with van der Waals surface area (Å²) in [6.45, 7) is 6.62. The van der Waals surface area contributed by atoms with E-state index in [1.807, 2.05) is 30.4 Å². The number of thioether (sulfide) groups is 1. The van der Waals surface area contributed by atoms with Crippen LogP contribution >= 0.6 is 11.8 Å². The van der Waals surface area contributed by atoms with Gasteiger partial charge in [0.05, 0.1) is 10.7 Å². The molecule has 3 nitrogen and oxygen atoms in total. The van der Waals surface area contributed by atoms with E-state index in [0.717, 1.165) is 5.69 Å². The number of hydrogen-bond donors (Lipinski definition) is 1. The van der Waals surface area contributed by atoms with Gasteiger partial charge in [-0.25, -0.2) is 0 Å². The molecule has 1 aromatic heterocycles. The summed E-state index contributed by atoms with van der Waals surface area (Å²) < 4.78 is 1.97. The zero-order valence-corrected chi connectivity index (χ0v) is 12.0. The quantitative estimate of drug-likeness (QED) is 0.881. The van der Waals surface area contributed by atoms with Crippen molar-refractivity contribution in [3.63, 3.8) is 0 Å². The second-order valence-electron chi connectivity index (χ2n) is 5.81. The van der Waals surface area contributed by atoms with Gasteiger partial charge < -0.3 is 5.73 Å². The third-order valence-electron chi connectivity index (χ3n) is 3.84. The zero-order valence-electron chi connectivity index (χ0n) is 11.2. The van der Waals surface area contributed by atoms with Gasteiger partial charge in [-0.1, -0.05) is 20.3 Å². The maximum absolute atomic E-state index is 6.41. The van der Waals surface area contributed by atoms with Crippen LogP contribution in [0.3, 0.4) is 0 Å². The van der Waals surface area contributed by atoms with Gasteiger partial charge in [0.2, 0.25) is 0 Å². The van der Waals surface area contributed by atoms with E-state index in [9.17, 15) is 0 Å². The number of nitrogens with two attached hydrogens (primary N) is 1. The molecule has 0 saturated heterocycles. The average molecular weight is 253 g/mol. The van der Waals surface area contributed by atoms with E-state index in [0.29, 0.717) is 5.25 Å². The van der Waals surface area contributed by atoms with Gasteiger partial charge in [-0.15, -0.1) is 11.8 Å². The summed E-state index contributed by atoms with van der Waals surface area (Å²) in [5.74, 6) is 0. The molecule has 0 radical (unpaired) electrons. The molecule has 2 unspecified atom stereocenters. The highest BCUT2D eigenvalue weighted by molar-refractivity contribution is 7.99. The van der Waals surface area contributed by atoms with Crippen molar-refractivity contribution in [1.29, 1.82) is 0 Å². The summed E-state index contributed by atoms with van der Waals surface area (Å²) in [7, 11) is 2.01. The first-order valence-corrected chi connectivity index (χ1v) is 7.21. The van der Waals surface area contributed by atoms with Gasteiger partial charge in [0.15, 0.2) is 0 Å². The summed E-state index contributed by atoms with van der Waals surface area (Å²) in [6, 6.07) is 2.43. The average Bonchev–Trinajstić information content (AvgIpc) is 2.53. The minimum absolute atomic E-state index is 0.267. The van der Waals surface area contributed by atoms with Gasteiger partial charge in [-0.3, -0.25) is 4.68 Å². The maximum Gasteiger partial charge on any atom is 0.0942 e. The number of rotatable bonds is 2. The molecule has 4 heteroatoms. The fourth-order valence-electron chi connectivity index (χ4n) is 2.59. The predicted molar refractivity (Wildman–Crippen MR) is 73.2 cm³/mol. The first-order valence-electron chi connectivity index (χ1n) is 6.33. The lowest BCUT2D eigenvalue weighted by atomic mass is 9.73. The van der Waals surface area contributed by atoms with Crippen molar-refractivity contribution in [2.24, 2.45) is 18.2 Å². The Morgan fingerprint density at radius 1 is 1.53 bits per heavy atom. The standard InChI is InChI=1S/C13H23N3S/c1-9-8-11(16(4)15-9)17-10-6-5-7-13(2,3)12(10)14/h8,10,12H,5-7,14H2,1-4H3. The number of hydrogen-bond acceptors (Lipinski definition) is 3. The first-order chi connectivity index (χ1) is 7.90. The van der Waals surface area contributed by atoms with Crippen LogP contribution in [0.1, 0.15) is 38.8 Å². The van der Waals surface area contributed by atoms with Crippen molar-refractivity contribution in [2.45, 2.75) is 56.4 Å². The molecular weight excluding hydrogens is 230 g/mol. The lowest BCUT2D eigenvalue weighted by molar-refractivity contribution is 0.208. The highest BCUT2D eigenvalue weighted by Crippen LogP contribution is 2.41. The van der Waals surface area contributed by atoms with E-state index in [-0.39, 0.29) is 11.5 Å². The molecule has 2 atom stereocenters. The van der Waals surface area contributed by atoms with Gasteiger partial charge in [0.25, 0.3) is 0 Å². The van der Waals surface area contributed by atoms with Crippen LogP contribution in [0.15, 0.2) is 11.1 Å². The molecule has 0 aromatic carbocycles. The molecule has 17 heavy (non-hydrogen) atoms. The van der Waals surface area contributed by atoms with Crippen LogP contribution in [-0.2, 0) is 7.05 Å². The smallest absolute Gasteiger partial charge is 0.0942 e. The summed E-state index contributed by atoms with van der Waals surface area (Å²) in [6.07, 6.45) is 3.75. The lowest BCUT2D eigenvalue weighted by Crippen LogP contribution is -2.48. The Kier molecular flexibility index (Phi) is 3.55. The maximum atomic E-state index is 6.41. The minimum Gasteiger partial charge on any atom is -0.326 e. The van der Waals surface area contributed by atoms with Crippen LogP contribution in [0.2, 0.25) is 0 Å². The SMILES string of the molecule is Cc1cc(SC2CCCC(C)(C)C2N)n(C)n1. The van der Waals surface area contributed by atoms with Gasteiger partial charge in [0.1, 0.15) is 0 Å². The topological polar surface area (TPSA) is 43.8 Å². The van der Waals surface area contributed by atoms with Crippen LogP contribution in [0.5, 0.6) is 0 Å². The number of aromatic nitrogens is 2. The Hall–Kier alpha value is -0.480. The third kappa shape index (κ3) is 2.68. The van der Waals surface area contributed by atoms with Gasteiger partial charge in [-0.05, 0) is 31.2 Å². The molecule has 0 aliphatic heterocycles. The van der Waals surface area contributed by atoms with Crippen LogP contribution in [0, 0.1) is 12.3 Å². The van der Waals surface area contributed by atoms with Gasteiger partial charge in [-0.2, -0.15) is 5.10 Å². The third-order valence-corrected chi connectivity index (χ3v) is 5.30. The Morgan fingerprint density at radius 3 is 2.82 bits per heavy atom. The van der Waals surface area contributed by atoms with Crippen molar-refractivity contribution in [3.8, 4) is 0 Å². The summed E-state index contributed by atoms with van der Waals surface area (Å²) in [4.78, 5) is 0. The van der Waals surface area contributed by atoms with E-state index in [4.69, 9.17) is 5.73 Å². The molecule has 0 bridgehead atoms. The zero-order chi connectivity index (χ0) is 12.6. The van der Waals surface area contributed by atoms with Crippen molar-refractivity contribution in [3.05, 3.63) is 11.8 Å². The van der Waals surface area contributed by atoms with E-state index in [1.165, 1.54) is 24.3 Å². The molecule has 2 N–H and O–H groups in total. The van der Waals surface area contributed by atoms with E-state index >= 15 is 0 Å². The lowest BCUT2D eigenvalue weighted by Gasteiger charge is -2.41. The molecule has 2 rings (SSSR count). The fraction of sp³-hybridized carbons (Fsp3) is 0.769. The summed E-state index contributed by atoms with van der Waals surface area (Å²) in [5.41, 5.74) is 7.76. The predicted octanol–water partition coefficient (Wildman–Crippen LogP) is 2.73. The second-order valence-corrected chi connectivity index (χ2v) is 7.07. The number of aryl methyl sites for hydroxylation is 2. The van der Waals surface area contributed by atoms with Crippen LogP contribution in [0.4, 0.5) is 0 Å². The highest BCUT2D eigenvalue weighted by Gasteiger charge is 2.37. The second kappa shape index (κ2) is 4.65. The fourth-order valence-corrected chi connectivity index (χ4v) is 4.13. The van der Waals surface area contributed by atoms with Crippen molar-refractivity contribution < 1.29 is 0 Å². The number of nitrogens with zero attached hydrogens (tertiary/aromatic N) is 2.